The molecule has 0 spiro atoms. The molecule has 3 rings (SSSR count). The van der Waals surface area contributed by atoms with Crippen LogP contribution in [-0.2, 0) is 6.54 Å². The van der Waals surface area contributed by atoms with Crippen molar-refractivity contribution >= 4 is 5.69 Å². The number of aromatic nitrogens is 3. The molecule has 0 N–H and O–H groups in total. The molecule has 0 amide bonds. The number of hydrogen-bond acceptors (Lipinski definition) is 5. The topological polar surface area (TPSA) is 55.1 Å². The van der Waals surface area contributed by atoms with E-state index in [4.69, 9.17) is 4.52 Å². The second-order valence-corrected chi connectivity index (χ2v) is 4.59. The average molecular weight is 284 g/mol. The summed E-state index contributed by atoms with van der Waals surface area (Å²) < 4.78 is 18.1. The lowest BCUT2D eigenvalue weighted by Gasteiger charge is -2.16. The number of rotatable bonds is 4. The van der Waals surface area contributed by atoms with Crippen LogP contribution in [0, 0.1) is 5.82 Å². The molecular formula is C15H13FN4O. The first-order valence-corrected chi connectivity index (χ1v) is 6.42. The van der Waals surface area contributed by atoms with E-state index in [1.54, 1.807) is 24.5 Å². The van der Waals surface area contributed by atoms with Crippen molar-refractivity contribution in [3.8, 4) is 11.4 Å². The third kappa shape index (κ3) is 3.05. The third-order valence-corrected chi connectivity index (χ3v) is 3.03. The summed E-state index contributed by atoms with van der Waals surface area (Å²) >= 11 is 0. The molecule has 0 bridgehead atoms. The van der Waals surface area contributed by atoms with E-state index in [0.29, 0.717) is 18.3 Å². The summed E-state index contributed by atoms with van der Waals surface area (Å²) in [6, 6.07) is 9.92. The van der Waals surface area contributed by atoms with Gasteiger partial charge >= 0.3 is 0 Å². The minimum Gasteiger partial charge on any atom is -0.365 e. The first kappa shape index (κ1) is 13.2. The van der Waals surface area contributed by atoms with E-state index in [2.05, 4.69) is 15.1 Å². The van der Waals surface area contributed by atoms with Gasteiger partial charge in [0.15, 0.2) is 0 Å². The minimum absolute atomic E-state index is 0.260. The molecule has 1 aromatic carbocycles. The fraction of sp³-hybridized carbons (Fsp3) is 0.133. The van der Waals surface area contributed by atoms with Gasteiger partial charge in [-0.2, -0.15) is 4.98 Å². The molecule has 106 valence electrons. The lowest BCUT2D eigenvalue weighted by atomic mass is 10.3. The monoisotopic (exact) mass is 284 g/mol. The van der Waals surface area contributed by atoms with Crippen LogP contribution in [0.15, 0.2) is 53.3 Å². The molecule has 0 fully saturated rings. The predicted octanol–water partition coefficient (Wildman–Crippen LogP) is 2.91. The fourth-order valence-corrected chi connectivity index (χ4v) is 1.92. The maximum atomic E-state index is 12.9. The second kappa shape index (κ2) is 5.70. The number of pyridine rings is 1. The minimum atomic E-state index is -0.260. The molecule has 0 aliphatic rings. The van der Waals surface area contributed by atoms with E-state index in [-0.39, 0.29) is 5.82 Å². The van der Waals surface area contributed by atoms with Gasteiger partial charge in [-0.15, -0.1) is 0 Å². The van der Waals surface area contributed by atoms with E-state index in [9.17, 15) is 4.39 Å². The van der Waals surface area contributed by atoms with Crippen LogP contribution in [0.4, 0.5) is 10.1 Å². The molecule has 21 heavy (non-hydrogen) atoms. The van der Waals surface area contributed by atoms with Gasteiger partial charge in [0.2, 0.25) is 11.7 Å². The largest absolute Gasteiger partial charge is 0.365 e. The van der Waals surface area contributed by atoms with Gasteiger partial charge in [-0.05, 0) is 36.4 Å². The standard InChI is InChI=1S/C15H13FN4O/c1-20(13-6-4-12(16)5-7-13)10-14-18-15(19-21-14)11-3-2-8-17-9-11/h2-9H,10H2,1H3. The van der Waals surface area contributed by atoms with Crippen LogP contribution in [0.5, 0.6) is 0 Å². The van der Waals surface area contributed by atoms with E-state index in [1.165, 1.54) is 12.1 Å². The van der Waals surface area contributed by atoms with E-state index >= 15 is 0 Å². The Morgan fingerprint density at radius 1 is 1.19 bits per heavy atom. The normalized spacial score (nSPS) is 10.6. The molecule has 3 aromatic rings. The number of anilines is 1. The fourth-order valence-electron chi connectivity index (χ4n) is 1.92. The van der Waals surface area contributed by atoms with Crippen LogP contribution >= 0.6 is 0 Å². The lowest BCUT2D eigenvalue weighted by molar-refractivity contribution is 0.378. The number of benzene rings is 1. The van der Waals surface area contributed by atoms with Crippen LogP contribution in [0.1, 0.15) is 5.89 Å². The van der Waals surface area contributed by atoms with Crippen LogP contribution in [0.25, 0.3) is 11.4 Å². The van der Waals surface area contributed by atoms with Crippen molar-refractivity contribution in [2.75, 3.05) is 11.9 Å². The lowest BCUT2D eigenvalue weighted by Crippen LogP contribution is -2.16. The van der Waals surface area contributed by atoms with Gasteiger partial charge in [0.05, 0.1) is 6.54 Å². The van der Waals surface area contributed by atoms with Crippen molar-refractivity contribution in [1.82, 2.24) is 15.1 Å². The summed E-state index contributed by atoms with van der Waals surface area (Å²) in [5.41, 5.74) is 1.68. The molecule has 2 aromatic heterocycles. The van der Waals surface area contributed by atoms with Crippen molar-refractivity contribution in [1.29, 1.82) is 0 Å². The van der Waals surface area contributed by atoms with Gasteiger partial charge in [0.1, 0.15) is 5.82 Å². The molecule has 5 nitrogen and oxygen atoms in total. The van der Waals surface area contributed by atoms with Crippen LogP contribution in [-0.4, -0.2) is 22.2 Å². The summed E-state index contributed by atoms with van der Waals surface area (Å²) in [7, 11) is 1.88. The van der Waals surface area contributed by atoms with Gasteiger partial charge in [0.25, 0.3) is 0 Å². The Kier molecular flexibility index (Phi) is 3.59. The van der Waals surface area contributed by atoms with Crippen molar-refractivity contribution in [2.24, 2.45) is 0 Å². The maximum absolute atomic E-state index is 12.9. The van der Waals surface area contributed by atoms with Crippen LogP contribution < -0.4 is 4.90 Å². The van der Waals surface area contributed by atoms with Crippen LogP contribution in [0.2, 0.25) is 0 Å². The van der Waals surface area contributed by atoms with Gasteiger partial charge in [-0.25, -0.2) is 4.39 Å². The SMILES string of the molecule is CN(Cc1nc(-c2cccnc2)no1)c1ccc(F)cc1. The predicted molar refractivity (Wildman–Crippen MR) is 76.0 cm³/mol. The number of nitrogens with zero attached hydrogens (tertiary/aromatic N) is 4. The first-order valence-electron chi connectivity index (χ1n) is 6.42. The van der Waals surface area contributed by atoms with Gasteiger partial charge in [0, 0.05) is 30.7 Å². The van der Waals surface area contributed by atoms with Crippen molar-refractivity contribution in [3.05, 3.63) is 60.5 Å². The Bertz CT molecular complexity index is 712. The summed E-state index contributed by atoms with van der Waals surface area (Å²) in [6.45, 7) is 0.443. The van der Waals surface area contributed by atoms with Crippen LogP contribution in [0.3, 0.4) is 0 Å². The Balaban J connectivity index is 1.74. The molecule has 0 atom stereocenters. The molecule has 0 aliphatic heterocycles. The zero-order valence-electron chi connectivity index (χ0n) is 11.4. The van der Waals surface area contributed by atoms with E-state index in [1.807, 2.05) is 24.1 Å². The summed E-state index contributed by atoms with van der Waals surface area (Å²) in [5, 5.41) is 3.93. The molecule has 0 radical (unpaired) electrons. The van der Waals surface area contributed by atoms with Gasteiger partial charge < -0.3 is 9.42 Å². The Hall–Kier alpha value is -2.76. The molecule has 6 heteroatoms. The summed E-state index contributed by atoms with van der Waals surface area (Å²) in [4.78, 5) is 10.3. The molecule has 0 saturated carbocycles. The Morgan fingerprint density at radius 2 is 2.00 bits per heavy atom. The van der Waals surface area contributed by atoms with E-state index in [0.717, 1.165) is 11.3 Å². The summed E-state index contributed by atoms with van der Waals surface area (Å²) in [6.07, 6.45) is 3.37. The smallest absolute Gasteiger partial charge is 0.246 e. The molecule has 2 heterocycles. The first-order chi connectivity index (χ1) is 10.2. The highest BCUT2D eigenvalue weighted by molar-refractivity contribution is 5.52. The Morgan fingerprint density at radius 3 is 2.71 bits per heavy atom. The van der Waals surface area contributed by atoms with Crippen molar-refractivity contribution in [3.63, 3.8) is 0 Å². The quantitative estimate of drug-likeness (QED) is 0.737. The van der Waals surface area contributed by atoms with E-state index < -0.39 is 0 Å². The average Bonchev–Trinajstić information content (AvgIpc) is 2.97. The van der Waals surface area contributed by atoms with Crippen molar-refractivity contribution < 1.29 is 8.91 Å². The third-order valence-electron chi connectivity index (χ3n) is 3.03. The highest BCUT2D eigenvalue weighted by Crippen LogP contribution is 2.18. The van der Waals surface area contributed by atoms with Gasteiger partial charge in [-0.1, -0.05) is 5.16 Å². The van der Waals surface area contributed by atoms with Gasteiger partial charge in [-0.3, -0.25) is 4.98 Å². The van der Waals surface area contributed by atoms with Crippen molar-refractivity contribution in [2.45, 2.75) is 6.54 Å². The zero-order valence-corrected chi connectivity index (χ0v) is 11.4. The number of halogens is 1. The highest BCUT2D eigenvalue weighted by Gasteiger charge is 2.11. The Labute approximate surface area is 121 Å². The highest BCUT2D eigenvalue weighted by atomic mass is 19.1. The summed E-state index contributed by atoms with van der Waals surface area (Å²) in [5.74, 6) is 0.732. The zero-order chi connectivity index (χ0) is 14.7. The second-order valence-electron chi connectivity index (χ2n) is 4.59. The molecule has 0 saturated heterocycles. The molecule has 0 aliphatic carbocycles. The number of hydrogen-bond donors (Lipinski definition) is 0. The molecular weight excluding hydrogens is 271 g/mol. The molecule has 0 unspecified atom stereocenters. The maximum Gasteiger partial charge on any atom is 0.246 e.